The monoisotopic (exact) mass is 391 g/mol. The van der Waals surface area contributed by atoms with Gasteiger partial charge in [-0.1, -0.05) is 66.2 Å². The predicted octanol–water partition coefficient (Wildman–Crippen LogP) is 8.35. The van der Waals surface area contributed by atoms with Crippen molar-refractivity contribution in [3.63, 3.8) is 0 Å². The molecule has 0 bridgehead atoms. The molecule has 0 aliphatic carbocycles. The van der Waals surface area contributed by atoms with E-state index in [0.29, 0.717) is 0 Å². The summed E-state index contributed by atoms with van der Waals surface area (Å²) in [4.78, 5) is 2.32. The Balaban J connectivity index is 1.59. The highest BCUT2D eigenvalue weighted by atomic mass is 32.1. The van der Waals surface area contributed by atoms with E-state index in [1.807, 2.05) is 0 Å². The van der Waals surface area contributed by atoms with Crippen LogP contribution in [0.25, 0.3) is 21.2 Å². The first-order valence-electron chi connectivity index (χ1n) is 9.77. The first-order chi connectivity index (χ1) is 14.3. The molecule has 0 fully saturated rings. The number of rotatable bonds is 4. The van der Waals surface area contributed by atoms with Crippen LogP contribution in [0.4, 0.5) is 17.1 Å². The Morgan fingerprint density at radius 2 is 1.34 bits per heavy atom. The lowest BCUT2D eigenvalue weighted by atomic mass is 10.0. The summed E-state index contributed by atoms with van der Waals surface area (Å²) in [5, 5.41) is 3.44. The van der Waals surface area contributed by atoms with Crippen LogP contribution in [-0.2, 0) is 0 Å². The lowest BCUT2D eigenvalue weighted by molar-refractivity contribution is 1.29. The number of benzene rings is 4. The highest BCUT2D eigenvalue weighted by Gasteiger charge is 2.13. The van der Waals surface area contributed by atoms with Crippen LogP contribution in [0.15, 0.2) is 109 Å². The molecule has 29 heavy (non-hydrogen) atoms. The lowest BCUT2D eigenvalue weighted by Crippen LogP contribution is -2.09. The molecule has 0 aliphatic heterocycles. The molecule has 1 aromatic heterocycles. The molecule has 0 radical (unpaired) electrons. The van der Waals surface area contributed by atoms with Gasteiger partial charge in [-0.05, 0) is 71.3 Å². The molecule has 0 unspecified atom stereocenters. The fourth-order valence-corrected chi connectivity index (χ4v) is 4.56. The van der Waals surface area contributed by atoms with Crippen LogP contribution < -0.4 is 4.90 Å². The van der Waals surface area contributed by atoms with E-state index in [0.717, 1.165) is 11.4 Å². The fraction of sp³-hybridized carbons (Fsp3) is 0.0370. The maximum absolute atomic E-state index is 2.32. The van der Waals surface area contributed by atoms with E-state index in [2.05, 4.69) is 120 Å². The van der Waals surface area contributed by atoms with Gasteiger partial charge in [0.1, 0.15) is 0 Å². The SMILES string of the molecule is Cc1cccc(-c2ccc(N(c3ccccc3)c3ccc4ccsc4c3)cc2)c1. The Labute approximate surface area is 175 Å². The van der Waals surface area contributed by atoms with E-state index in [1.165, 1.54) is 32.5 Å². The minimum Gasteiger partial charge on any atom is -0.310 e. The summed E-state index contributed by atoms with van der Waals surface area (Å²) in [6, 6.07) is 36.9. The summed E-state index contributed by atoms with van der Waals surface area (Å²) >= 11 is 1.78. The van der Waals surface area contributed by atoms with Crippen molar-refractivity contribution < 1.29 is 0 Å². The number of para-hydroxylation sites is 1. The zero-order valence-corrected chi connectivity index (χ0v) is 17.1. The summed E-state index contributed by atoms with van der Waals surface area (Å²) in [7, 11) is 0. The number of hydrogen-bond acceptors (Lipinski definition) is 2. The molecule has 1 nitrogen and oxygen atoms in total. The van der Waals surface area contributed by atoms with Gasteiger partial charge in [0.2, 0.25) is 0 Å². The fourth-order valence-electron chi connectivity index (χ4n) is 3.73. The molecule has 140 valence electrons. The molecule has 4 aromatic carbocycles. The van der Waals surface area contributed by atoms with Gasteiger partial charge >= 0.3 is 0 Å². The van der Waals surface area contributed by atoms with Gasteiger partial charge in [-0.2, -0.15) is 0 Å². The van der Waals surface area contributed by atoms with Crippen LogP contribution in [0.3, 0.4) is 0 Å². The molecule has 0 N–H and O–H groups in total. The minimum atomic E-state index is 1.16. The molecule has 2 heteroatoms. The number of hydrogen-bond donors (Lipinski definition) is 0. The summed E-state index contributed by atoms with van der Waals surface area (Å²) in [6.07, 6.45) is 0. The van der Waals surface area contributed by atoms with Gasteiger partial charge in [0.05, 0.1) is 0 Å². The molecule has 0 spiro atoms. The minimum absolute atomic E-state index is 1.16. The molecule has 0 aliphatic rings. The smallest absolute Gasteiger partial charge is 0.0476 e. The van der Waals surface area contributed by atoms with E-state index < -0.39 is 0 Å². The van der Waals surface area contributed by atoms with Crippen molar-refractivity contribution in [2.75, 3.05) is 4.90 Å². The molecular weight excluding hydrogens is 370 g/mol. The highest BCUT2D eigenvalue weighted by Crippen LogP contribution is 2.37. The summed E-state index contributed by atoms with van der Waals surface area (Å²) in [5.74, 6) is 0. The van der Waals surface area contributed by atoms with Crippen LogP contribution in [0.2, 0.25) is 0 Å². The van der Waals surface area contributed by atoms with Gasteiger partial charge in [0, 0.05) is 21.8 Å². The predicted molar refractivity (Wildman–Crippen MR) is 127 cm³/mol. The van der Waals surface area contributed by atoms with Gasteiger partial charge in [0.25, 0.3) is 0 Å². The Morgan fingerprint density at radius 3 is 2.14 bits per heavy atom. The summed E-state index contributed by atoms with van der Waals surface area (Å²) in [6.45, 7) is 2.13. The number of nitrogens with zero attached hydrogens (tertiary/aromatic N) is 1. The lowest BCUT2D eigenvalue weighted by Gasteiger charge is -2.25. The number of fused-ring (bicyclic) bond motifs is 1. The quantitative estimate of drug-likeness (QED) is 0.297. The molecular formula is C27H21NS. The van der Waals surface area contributed by atoms with Crippen molar-refractivity contribution >= 4 is 38.5 Å². The average Bonchev–Trinajstić information content (AvgIpc) is 3.23. The first-order valence-corrected chi connectivity index (χ1v) is 10.7. The zero-order valence-electron chi connectivity index (χ0n) is 16.2. The third-order valence-corrected chi connectivity index (χ3v) is 6.07. The van der Waals surface area contributed by atoms with Crippen LogP contribution >= 0.6 is 11.3 Å². The highest BCUT2D eigenvalue weighted by molar-refractivity contribution is 7.17. The van der Waals surface area contributed by atoms with Crippen molar-refractivity contribution in [1.82, 2.24) is 0 Å². The standard InChI is InChI=1S/C27H21NS/c1-20-6-5-7-23(18-20)21-10-13-25(14-11-21)28(24-8-3-2-4-9-24)26-15-12-22-16-17-29-27(22)19-26/h2-19H,1H3. The van der Waals surface area contributed by atoms with E-state index in [4.69, 9.17) is 0 Å². The molecule has 0 atom stereocenters. The second-order valence-electron chi connectivity index (χ2n) is 7.23. The van der Waals surface area contributed by atoms with Gasteiger partial charge in [0.15, 0.2) is 0 Å². The van der Waals surface area contributed by atoms with Gasteiger partial charge in [-0.25, -0.2) is 0 Å². The maximum atomic E-state index is 2.32. The number of thiophene rings is 1. The van der Waals surface area contributed by atoms with E-state index in [-0.39, 0.29) is 0 Å². The van der Waals surface area contributed by atoms with Crippen LogP contribution in [-0.4, -0.2) is 0 Å². The van der Waals surface area contributed by atoms with Gasteiger partial charge in [-0.3, -0.25) is 0 Å². The van der Waals surface area contributed by atoms with Crippen LogP contribution in [0.5, 0.6) is 0 Å². The maximum Gasteiger partial charge on any atom is 0.0476 e. The van der Waals surface area contributed by atoms with E-state index in [9.17, 15) is 0 Å². The molecule has 0 saturated carbocycles. The molecule has 0 saturated heterocycles. The Morgan fingerprint density at radius 1 is 0.586 bits per heavy atom. The van der Waals surface area contributed by atoms with Crippen LogP contribution in [0.1, 0.15) is 5.56 Å². The Hall–Kier alpha value is -3.36. The topological polar surface area (TPSA) is 3.24 Å². The van der Waals surface area contributed by atoms with Crippen molar-refractivity contribution in [1.29, 1.82) is 0 Å². The number of anilines is 3. The normalized spacial score (nSPS) is 10.9. The summed E-state index contributed by atoms with van der Waals surface area (Å²) < 4.78 is 1.31. The van der Waals surface area contributed by atoms with Crippen molar-refractivity contribution in [3.8, 4) is 11.1 Å². The van der Waals surface area contributed by atoms with Crippen molar-refractivity contribution in [2.24, 2.45) is 0 Å². The van der Waals surface area contributed by atoms with Gasteiger partial charge < -0.3 is 4.90 Å². The number of aryl methyl sites for hydroxylation is 1. The van der Waals surface area contributed by atoms with Crippen molar-refractivity contribution in [2.45, 2.75) is 6.92 Å². The molecule has 5 aromatic rings. The largest absolute Gasteiger partial charge is 0.310 e. The average molecular weight is 392 g/mol. The van der Waals surface area contributed by atoms with Crippen LogP contribution in [0, 0.1) is 6.92 Å². The van der Waals surface area contributed by atoms with Crippen molar-refractivity contribution in [3.05, 3.63) is 114 Å². The Kier molecular flexibility index (Phi) is 4.63. The molecule has 1 heterocycles. The Bertz CT molecular complexity index is 1250. The van der Waals surface area contributed by atoms with E-state index >= 15 is 0 Å². The third kappa shape index (κ3) is 3.55. The molecule has 5 rings (SSSR count). The second-order valence-corrected chi connectivity index (χ2v) is 8.18. The van der Waals surface area contributed by atoms with Gasteiger partial charge in [-0.15, -0.1) is 11.3 Å². The zero-order chi connectivity index (χ0) is 19.6. The summed E-state index contributed by atoms with van der Waals surface area (Å²) in [5.41, 5.74) is 7.26. The van der Waals surface area contributed by atoms with E-state index in [1.54, 1.807) is 11.3 Å². The first kappa shape index (κ1) is 17.7. The molecule has 0 amide bonds. The second kappa shape index (κ2) is 7.57. The third-order valence-electron chi connectivity index (χ3n) is 5.19.